The van der Waals surface area contributed by atoms with Crippen LogP contribution in [0.5, 0.6) is 0 Å². The molecule has 6 N–H and O–H groups in total. The summed E-state index contributed by atoms with van der Waals surface area (Å²) in [5.74, 6) is 0. The number of rotatable bonds is 9. The van der Waals surface area contributed by atoms with Gasteiger partial charge in [0.05, 0.1) is 25.4 Å². The van der Waals surface area contributed by atoms with Crippen LogP contribution in [-0.2, 0) is 9.47 Å². The van der Waals surface area contributed by atoms with Crippen LogP contribution in [0.1, 0.15) is 32.6 Å². The molecular formula is C14H28O8. The maximum absolute atomic E-state index is 9.77. The van der Waals surface area contributed by atoms with Gasteiger partial charge in [0, 0.05) is 0 Å². The van der Waals surface area contributed by atoms with Gasteiger partial charge < -0.3 is 40.1 Å². The Morgan fingerprint density at radius 1 is 1.00 bits per heavy atom. The van der Waals surface area contributed by atoms with E-state index in [1.165, 1.54) is 0 Å². The van der Waals surface area contributed by atoms with Crippen molar-refractivity contribution in [1.82, 2.24) is 0 Å². The molecule has 0 radical (unpaired) electrons. The Morgan fingerprint density at radius 2 is 1.64 bits per heavy atom. The molecule has 0 aromatic rings. The molecule has 8 nitrogen and oxygen atoms in total. The van der Waals surface area contributed by atoms with E-state index in [1.54, 1.807) is 0 Å². The molecule has 8 heteroatoms. The highest BCUT2D eigenvalue weighted by atomic mass is 16.7. The van der Waals surface area contributed by atoms with Crippen LogP contribution in [0, 0.1) is 0 Å². The summed E-state index contributed by atoms with van der Waals surface area (Å²) in [7, 11) is 0. The van der Waals surface area contributed by atoms with Crippen molar-refractivity contribution >= 4 is 0 Å². The van der Waals surface area contributed by atoms with Crippen molar-refractivity contribution < 1.29 is 40.1 Å². The van der Waals surface area contributed by atoms with Crippen LogP contribution >= 0.6 is 0 Å². The van der Waals surface area contributed by atoms with E-state index in [1.807, 2.05) is 6.92 Å². The molecule has 1 aliphatic heterocycles. The third kappa shape index (κ3) is 5.39. The minimum absolute atomic E-state index is 0.00690. The molecule has 1 aliphatic rings. The number of hydrogen-bond donors (Lipinski definition) is 6. The molecule has 0 aromatic carbocycles. The quantitative estimate of drug-likeness (QED) is 0.289. The summed E-state index contributed by atoms with van der Waals surface area (Å²) in [6.07, 6.45) is -6.03. The molecule has 1 heterocycles. The average Bonchev–Trinajstić information content (AvgIpc) is 2.52. The monoisotopic (exact) mass is 324 g/mol. The topological polar surface area (TPSA) is 140 Å². The summed E-state index contributed by atoms with van der Waals surface area (Å²) < 4.78 is 10.4. The molecule has 0 amide bonds. The molecule has 0 aliphatic carbocycles. The molecule has 132 valence electrons. The molecular weight excluding hydrogens is 296 g/mol. The third-order valence-corrected chi connectivity index (χ3v) is 3.84. The third-order valence-electron chi connectivity index (χ3n) is 3.84. The van der Waals surface area contributed by atoms with Gasteiger partial charge in [0.15, 0.2) is 6.29 Å². The number of unbranched alkanes of at least 4 members (excludes halogenated alkanes) is 1. The minimum atomic E-state index is -1.49. The van der Waals surface area contributed by atoms with Crippen molar-refractivity contribution in [3.05, 3.63) is 0 Å². The summed E-state index contributed by atoms with van der Waals surface area (Å²) in [4.78, 5) is 0. The maximum Gasteiger partial charge on any atom is 0.186 e. The highest BCUT2D eigenvalue weighted by Gasteiger charge is 2.43. The Morgan fingerprint density at radius 3 is 2.23 bits per heavy atom. The van der Waals surface area contributed by atoms with Gasteiger partial charge >= 0.3 is 0 Å². The average molecular weight is 324 g/mol. The normalized spacial score (nSPS) is 35.3. The van der Waals surface area contributed by atoms with Crippen molar-refractivity contribution in [2.75, 3.05) is 13.2 Å². The number of ether oxygens (including phenoxy) is 2. The fraction of sp³-hybridized carbons (Fsp3) is 1.00. The van der Waals surface area contributed by atoms with E-state index in [-0.39, 0.29) is 13.0 Å². The molecule has 0 saturated carbocycles. The molecule has 0 unspecified atom stereocenters. The first-order valence-corrected chi connectivity index (χ1v) is 7.70. The Kier molecular flexibility index (Phi) is 8.73. The van der Waals surface area contributed by atoms with Gasteiger partial charge in [-0.2, -0.15) is 0 Å². The second-order valence-corrected chi connectivity index (χ2v) is 5.63. The van der Waals surface area contributed by atoms with Crippen molar-refractivity contribution in [2.24, 2.45) is 0 Å². The van der Waals surface area contributed by atoms with E-state index in [2.05, 4.69) is 0 Å². The van der Waals surface area contributed by atoms with Crippen LogP contribution in [-0.4, -0.2) is 86.8 Å². The Hall–Kier alpha value is -0.320. The summed E-state index contributed by atoms with van der Waals surface area (Å²) in [5, 5.41) is 57.5. The Labute approximate surface area is 129 Å². The smallest absolute Gasteiger partial charge is 0.186 e. The maximum atomic E-state index is 9.77. The van der Waals surface area contributed by atoms with Gasteiger partial charge in [-0.25, -0.2) is 0 Å². The zero-order valence-electron chi connectivity index (χ0n) is 12.8. The summed E-state index contributed by atoms with van der Waals surface area (Å²) in [6, 6.07) is 0. The zero-order valence-corrected chi connectivity index (χ0v) is 12.8. The van der Waals surface area contributed by atoms with Gasteiger partial charge in [0.2, 0.25) is 0 Å². The predicted octanol–water partition coefficient (Wildman–Crippen LogP) is -1.89. The molecule has 0 aromatic heterocycles. The van der Waals surface area contributed by atoms with Gasteiger partial charge in [-0.3, -0.25) is 0 Å². The van der Waals surface area contributed by atoms with E-state index < -0.39 is 49.5 Å². The Balaban J connectivity index is 2.37. The molecule has 1 saturated heterocycles. The van der Waals surface area contributed by atoms with E-state index >= 15 is 0 Å². The van der Waals surface area contributed by atoms with Gasteiger partial charge in [-0.15, -0.1) is 0 Å². The van der Waals surface area contributed by atoms with Crippen molar-refractivity contribution in [1.29, 1.82) is 0 Å². The summed E-state index contributed by atoms with van der Waals surface area (Å²) in [5.41, 5.74) is 0. The van der Waals surface area contributed by atoms with E-state index in [4.69, 9.17) is 14.6 Å². The van der Waals surface area contributed by atoms with Crippen LogP contribution in [0.25, 0.3) is 0 Å². The molecule has 7 atom stereocenters. The first kappa shape index (κ1) is 19.7. The molecule has 0 spiro atoms. The lowest BCUT2D eigenvalue weighted by atomic mass is 9.99. The fourth-order valence-electron chi connectivity index (χ4n) is 2.31. The minimum Gasteiger partial charge on any atom is -0.394 e. The van der Waals surface area contributed by atoms with Crippen LogP contribution < -0.4 is 0 Å². The highest BCUT2D eigenvalue weighted by molar-refractivity contribution is 4.88. The number of aliphatic hydroxyl groups is 6. The van der Waals surface area contributed by atoms with Crippen LogP contribution in [0.4, 0.5) is 0 Å². The van der Waals surface area contributed by atoms with E-state index in [0.717, 1.165) is 12.8 Å². The first-order valence-electron chi connectivity index (χ1n) is 7.70. The van der Waals surface area contributed by atoms with Gasteiger partial charge in [0.1, 0.15) is 24.4 Å². The Bertz CT molecular complexity index is 301. The van der Waals surface area contributed by atoms with Crippen molar-refractivity contribution in [3.63, 3.8) is 0 Å². The molecule has 0 bridgehead atoms. The van der Waals surface area contributed by atoms with Gasteiger partial charge in [-0.1, -0.05) is 19.8 Å². The molecule has 1 rings (SSSR count). The summed E-state index contributed by atoms with van der Waals surface area (Å²) in [6.45, 7) is 1.46. The SMILES string of the molecule is CCCC[C@@H](O)[C@@H](O)CCO[C@H]1O[C@H](CO)[C@H](O)[C@H](O)[C@H]1O. The van der Waals surface area contributed by atoms with Crippen LogP contribution in [0.2, 0.25) is 0 Å². The fourth-order valence-corrected chi connectivity index (χ4v) is 2.31. The second-order valence-electron chi connectivity index (χ2n) is 5.63. The van der Waals surface area contributed by atoms with Crippen molar-refractivity contribution in [2.45, 2.75) is 75.5 Å². The first-order chi connectivity index (χ1) is 10.4. The highest BCUT2D eigenvalue weighted by Crippen LogP contribution is 2.22. The lowest BCUT2D eigenvalue weighted by Crippen LogP contribution is -2.59. The van der Waals surface area contributed by atoms with Crippen LogP contribution in [0.3, 0.4) is 0 Å². The predicted molar refractivity (Wildman–Crippen MR) is 75.9 cm³/mol. The van der Waals surface area contributed by atoms with Gasteiger partial charge in [0.25, 0.3) is 0 Å². The van der Waals surface area contributed by atoms with E-state index in [9.17, 15) is 25.5 Å². The van der Waals surface area contributed by atoms with E-state index in [0.29, 0.717) is 6.42 Å². The second kappa shape index (κ2) is 9.74. The lowest BCUT2D eigenvalue weighted by Gasteiger charge is -2.39. The summed E-state index contributed by atoms with van der Waals surface area (Å²) >= 11 is 0. The number of aliphatic hydroxyl groups excluding tert-OH is 6. The van der Waals surface area contributed by atoms with Crippen LogP contribution in [0.15, 0.2) is 0 Å². The lowest BCUT2D eigenvalue weighted by molar-refractivity contribution is -0.302. The largest absolute Gasteiger partial charge is 0.394 e. The number of hydrogen-bond acceptors (Lipinski definition) is 8. The molecule has 22 heavy (non-hydrogen) atoms. The van der Waals surface area contributed by atoms with Gasteiger partial charge in [-0.05, 0) is 12.8 Å². The standard InChI is InChI=1S/C14H28O8/c1-2-3-4-8(16)9(17)5-6-21-14-13(20)12(19)11(18)10(7-15)22-14/h8-20H,2-7H2,1H3/t8-,9+,10-,11+,12+,13-,14+/m1/s1. The molecule has 1 fully saturated rings. The van der Waals surface area contributed by atoms with Crippen molar-refractivity contribution in [3.8, 4) is 0 Å². The zero-order chi connectivity index (χ0) is 16.7.